The Morgan fingerprint density at radius 1 is 1.24 bits per heavy atom. The van der Waals surface area contributed by atoms with E-state index in [9.17, 15) is 0 Å². The Kier molecular flexibility index (Phi) is 3.69. The van der Waals surface area contributed by atoms with Crippen molar-refractivity contribution in [1.82, 2.24) is 0 Å². The van der Waals surface area contributed by atoms with Gasteiger partial charge >= 0.3 is 0 Å². The van der Waals surface area contributed by atoms with Crippen LogP contribution in [0.4, 0.5) is 5.69 Å². The standard InChI is InChI=1S/C14H17NOS/c1-10-7-12(11(2)17-10)9-15-13-5-4-6-14(8-13)16-3/h4-8,15H,9H2,1-3H3. The van der Waals surface area contributed by atoms with Gasteiger partial charge in [-0.3, -0.25) is 0 Å². The maximum Gasteiger partial charge on any atom is 0.120 e. The zero-order valence-electron chi connectivity index (χ0n) is 10.4. The SMILES string of the molecule is COc1cccc(NCc2cc(C)sc2C)c1. The Labute approximate surface area is 106 Å². The third-order valence-corrected chi connectivity index (χ3v) is 3.70. The minimum atomic E-state index is 0.864. The van der Waals surface area contributed by atoms with E-state index in [4.69, 9.17) is 4.74 Å². The summed E-state index contributed by atoms with van der Waals surface area (Å²) < 4.78 is 5.20. The summed E-state index contributed by atoms with van der Waals surface area (Å²) in [6.45, 7) is 5.18. The summed E-state index contributed by atoms with van der Waals surface area (Å²) in [4.78, 5) is 2.75. The first kappa shape index (κ1) is 12.0. The van der Waals surface area contributed by atoms with Crippen LogP contribution in [0.3, 0.4) is 0 Å². The predicted octanol–water partition coefficient (Wildman–Crippen LogP) is 3.99. The fourth-order valence-corrected chi connectivity index (χ4v) is 2.74. The van der Waals surface area contributed by atoms with Gasteiger partial charge in [0.2, 0.25) is 0 Å². The minimum Gasteiger partial charge on any atom is -0.497 e. The molecule has 1 aromatic heterocycles. The predicted molar refractivity (Wildman–Crippen MR) is 74.1 cm³/mol. The molecule has 1 heterocycles. The first-order chi connectivity index (χ1) is 8.19. The molecule has 0 saturated heterocycles. The summed E-state index contributed by atoms with van der Waals surface area (Å²) in [7, 11) is 1.69. The Morgan fingerprint density at radius 2 is 2.06 bits per heavy atom. The highest BCUT2D eigenvalue weighted by Crippen LogP contribution is 2.22. The van der Waals surface area contributed by atoms with Gasteiger partial charge in [-0.15, -0.1) is 11.3 Å². The number of thiophene rings is 1. The third kappa shape index (κ3) is 3.01. The molecule has 0 amide bonds. The molecule has 2 rings (SSSR count). The molecule has 0 spiro atoms. The molecular weight excluding hydrogens is 230 g/mol. The van der Waals surface area contributed by atoms with Crippen molar-refractivity contribution in [1.29, 1.82) is 0 Å². The van der Waals surface area contributed by atoms with E-state index in [1.807, 2.05) is 29.5 Å². The van der Waals surface area contributed by atoms with Gasteiger partial charge in [-0.1, -0.05) is 6.07 Å². The summed E-state index contributed by atoms with van der Waals surface area (Å²) in [5.74, 6) is 0.883. The number of ether oxygens (including phenoxy) is 1. The third-order valence-electron chi connectivity index (χ3n) is 2.70. The van der Waals surface area contributed by atoms with Gasteiger partial charge in [0.15, 0.2) is 0 Å². The highest BCUT2D eigenvalue weighted by atomic mass is 32.1. The number of benzene rings is 1. The summed E-state index contributed by atoms with van der Waals surface area (Å²) in [6.07, 6.45) is 0. The first-order valence-corrected chi connectivity index (χ1v) is 6.44. The van der Waals surface area contributed by atoms with Crippen LogP contribution in [0.2, 0.25) is 0 Å². The van der Waals surface area contributed by atoms with E-state index in [-0.39, 0.29) is 0 Å². The monoisotopic (exact) mass is 247 g/mol. The lowest BCUT2D eigenvalue weighted by atomic mass is 10.2. The van der Waals surface area contributed by atoms with Crippen LogP contribution in [-0.4, -0.2) is 7.11 Å². The number of hydrogen-bond acceptors (Lipinski definition) is 3. The molecule has 0 atom stereocenters. The zero-order valence-corrected chi connectivity index (χ0v) is 11.2. The minimum absolute atomic E-state index is 0.864. The molecule has 3 heteroatoms. The second kappa shape index (κ2) is 5.23. The number of anilines is 1. The maximum absolute atomic E-state index is 5.20. The lowest BCUT2D eigenvalue weighted by Gasteiger charge is -2.07. The van der Waals surface area contributed by atoms with E-state index in [2.05, 4.69) is 31.3 Å². The van der Waals surface area contributed by atoms with E-state index in [0.717, 1.165) is 18.0 Å². The van der Waals surface area contributed by atoms with Crippen molar-refractivity contribution in [3.05, 3.63) is 45.6 Å². The molecule has 0 aliphatic rings. The van der Waals surface area contributed by atoms with Crippen LogP contribution < -0.4 is 10.1 Å². The van der Waals surface area contributed by atoms with Crippen LogP contribution in [0.15, 0.2) is 30.3 Å². The first-order valence-electron chi connectivity index (χ1n) is 5.63. The van der Waals surface area contributed by atoms with Crippen molar-refractivity contribution < 1.29 is 4.74 Å². The summed E-state index contributed by atoms with van der Waals surface area (Å²) in [6, 6.07) is 10.2. The smallest absolute Gasteiger partial charge is 0.120 e. The molecule has 2 aromatic rings. The molecule has 0 radical (unpaired) electrons. The largest absolute Gasteiger partial charge is 0.497 e. The molecule has 1 aromatic carbocycles. The topological polar surface area (TPSA) is 21.3 Å². The van der Waals surface area contributed by atoms with Crippen molar-refractivity contribution >= 4 is 17.0 Å². The van der Waals surface area contributed by atoms with Crippen molar-refractivity contribution in [2.45, 2.75) is 20.4 Å². The molecule has 1 N–H and O–H groups in total. The van der Waals surface area contributed by atoms with E-state index in [1.54, 1.807) is 7.11 Å². The highest BCUT2D eigenvalue weighted by Gasteiger charge is 2.02. The van der Waals surface area contributed by atoms with Gasteiger partial charge in [0.25, 0.3) is 0 Å². The van der Waals surface area contributed by atoms with Crippen molar-refractivity contribution in [2.75, 3.05) is 12.4 Å². The fourth-order valence-electron chi connectivity index (χ4n) is 1.79. The molecule has 0 fully saturated rings. The second-order valence-electron chi connectivity index (χ2n) is 4.02. The number of rotatable bonds is 4. The van der Waals surface area contributed by atoms with E-state index >= 15 is 0 Å². The average molecular weight is 247 g/mol. The van der Waals surface area contributed by atoms with Crippen LogP contribution in [0, 0.1) is 13.8 Å². The van der Waals surface area contributed by atoms with Gasteiger partial charge in [0.1, 0.15) is 5.75 Å². The highest BCUT2D eigenvalue weighted by molar-refractivity contribution is 7.12. The molecule has 0 aliphatic carbocycles. The van der Waals surface area contributed by atoms with Crippen molar-refractivity contribution in [3.8, 4) is 5.75 Å². The number of nitrogens with one attached hydrogen (secondary N) is 1. The number of hydrogen-bond donors (Lipinski definition) is 1. The van der Waals surface area contributed by atoms with E-state index < -0.39 is 0 Å². The second-order valence-corrected chi connectivity index (χ2v) is 5.48. The molecule has 2 nitrogen and oxygen atoms in total. The molecular formula is C14H17NOS. The van der Waals surface area contributed by atoms with Gasteiger partial charge in [-0.2, -0.15) is 0 Å². The van der Waals surface area contributed by atoms with Crippen LogP contribution in [-0.2, 0) is 6.54 Å². The Hall–Kier alpha value is -1.48. The lowest BCUT2D eigenvalue weighted by Crippen LogP contribution is -1.99. The van der Waals surface area contributed by atoms with E-state index in [0.29, 0.717) is 0 Å². The molecule has 90 valence electrons. The van der Waals surface area contributed by atoms with Crippen LogP contribution in [0.25, 0.3) is 0 Å². The quantitative estimate of drug-likeness (QED) is 0.882. The molecule has 0 unspecified atom stereocenters. The maximum atomic E-state index is 5.20. The fraction of sp³-hybridized carbons (Fsp3) is 0.286. The summed E-state index contributed by atoms with van der Waals surface area (Å²) in [5, 5.41) is 3.42. The molecule has 0 aliphatic heterocycles. The number of methoxy groups -OCH3 is 1. The van der Waals surface area contributed by atoms with Gasteiger partial charge in [0, 0.05) is 28.1 Å². The van der Waals surface area contributed by atoms with Gasteiger partial charge < -0.3 is 10.1 Å². The lowest BCUT2D eigenvalue weighted by molar-refractivity contribution is 0.415. The summed E-state index contributed by atoms with van der Waals surface area (Å²) in [5.41, 5.74) is 2.46. The van der Waals surface area contributed by atoms with E-state index in [1.165, 1.54) is 15.3 Å². The Bertz CT molecular complexity index is 505. The Balaban J connectivity index is 2.04. The van der Waals surface area contributed by atoms with Crippen LogP contribution in [0.5, 0.6) is 5.75 Å². The van der Waals surface area contributed by atoms with Gasteiger partial charge in [-0.25, -0.2) is 0 Å². The Morgan fingerprint density at radius 3 is 2.71 bits per heavy atom. The van der Waals surface area contributed by atoms with Crippen LogP contribution in [0.1, 0.15) is 15.3 Å². The zero-order chi connectivity index (χ0) is 12.3. The van der Waals surface area contributed by atoms with Crippen molar-refractivity contribution in [3.63, 3.8) is 0 Å². The van der Waals surface area contributed by atoms with Gasteiger partial charge in [0.05, 0.1) is 7.11 Å². The van der Waals surface area contributed by atoms with Crippen molar-refractivity contribution in [2.24, 2.45) is 0 Å². The number of aryl methyl sites for hydroxylation is 2. The molecule has 0 saturated carbocycles. The normalized spacial score (nSPS) is 10.3. The van der Waals surface area contributed by atoms with Crippen LogP contribution >= 0.6 is 11.3 Å². The summed E-state index contributed by atoms with van der Waals surface area (Å²) >= 11 is 1.85. The average Bonchev–Trinajstić information content (AvgIpc) is 2.65. The molecule has 17 heavy (non-hydrogen) atoms. The van der Waals surface area contributed by atoms with Gasteiger partial charge in [-0.05, 0) is 37.6 Å². The molecule has 0 bridgehead atoms.